The summed E-state index contributed by atoms with van der Waals surface area (Å²) in [5.74, 6) is 1.98. The zero-order chi connectivity index (χ0) is 20.7. The van der Waals surface area contributed by atoms with E-state index in [-0.39, 0.29) is 0 Å². The van der Waals surface area contributed by atoms with Gasteiger partial charge in [0.05, 0.1) is 5.71 Å². The first-order valence-corrected chi connectivity index (χ1v) is 12.6. The van der Waals surface area contributed by atoms with Gasteiger partial charge in [0.15, 0.2) is 0 Å². The summed E-state index contributed by atoms with van der Waals surface area (Å²) < 4.78 is 0. The van der Waals surface area contributed by atoms with Gasteiger partial charge in [-0.3, -0.25) is 4.99 Å². The molecule has 3 aliphatic rings. The van der Waals surface area contributed by atoms with E-state index in [1.807, 2.05) is 0 Å². The van der Waals surface area contributed by atoms with Crippen molar-refractivity contribution in [2.45, 2.75) is 74.9 Å². The molecule has 2 aromatic carbocycles. The van der Waals surface area contributed by atoms with E-state index < -0.39 is 0 Å². The maximum Gasteiger partial charge on any atom is 0.0649 e. The summed E-state index contributed by atoms with van der Waals surface area (Å²) in [6.07, 6.45) is 8.78. The number of aliphatic imine (C=N–C) groups is 1. The highest BCUT2D eigenvalue weighted by Crippen LogP contribution is 2.51. The summed E-state index contributed by atoms with van der Waals surface area (Å²) in [6, 6.07) is 16.2. The molecule has 0 radical (unpaired) electrons. The van der Waals surface area contributed by atoms with Crippen molar-refractivity contribution in [2.75, 3.05) is 6.54 Å². The van der Waals surface area contributed by atoms with Crippen LogP contribution >= 0.6 is 11.8 Å². The lowest BCUT2D eigenvalue weighted by molar-refractivity contribution is 0.533. The van der Waals surface area contributed by atoms with Gasteiger partial charge >= 0.3 is 0 Å². The summed E-state index contributed by atoms with van der Waals surface area (Å²) in [5.41, 5.74) is 8.64. The van der Waals surface area contributed by atoms with Crippen LogP contribution in [0.15, 0.2) is 64.0 Å². The largest absolute Gasteiger partial charge is 0.284 e. The third-order valence-corrected chi connectivity index (χ3v) is 8.71. The van der Waals surface area contributed by atoms with Crippen LogP contribution < -0.4 is 0 Å². The quantitative estimate of drug-likeness (QED) is 0.500. The lowest BCUT2D eigenvalue weighted by atomic mass is 9.82. The number of benzene rings is 2. The highest BCUT2D eigenvalue weighted by atomic mass is 32.2. The lowest BCUT2D eigenvalue weighted by Crippen LogP contribution is -2.17. The Kier molecular flexibility index (Phi) is 5.62. The van der Waals surface area contributed by atoms with Gasteiger partial charge in [0, 0.05) is 22.3 Å². The molecule has 2 aliphatic heterocycles. The van der Waals surface area contributed by atoms with Crippen LogP contribution in [-0.4, -0.2) is 17.5 Å². The van der Waals surface area contributed by atoms with E-state index in [4.69, 9.17) is 4.99 Å². The lowest BCUT2D eigenvalue weighted by Gasteiger charge is -2.31. The number of aryl methyl sites for hydroxylation is 1. The van der Waals surface area contributed by atoms with Crippen molar-refractivity contribution in [3.8, 4) is 0 Å². The maximum absolute atomic E-state index is 4.94. The monoisotopic (exact) mass is 415 g/mol. The van der Waals surface area contributed by atoms with E-state index in [9.17, 15) is 0 Å². The predicted molar refractivity (Wildman–Crippen MR) is 130 cm³/mol. The number of thioether (sulfide) groups is 1. The highest BCUT2D eigenvalue weighted by molar-refractivity contribution is 8.00. The predicted octanol–water partition coefficient (Wildman–Crippen LogP) is 7.69. The van der Waals surface area contributed by atoms with Crippen LogP contribution in [0.25, 0.3) is 0 Å². The van der Waals surface area contributed by atoms with Gasteiger partial charge in [0.2, 0.25) is 0 Å². The average Bonchev–Trinajstić information content (AvgIpc) is 2.94. The first kappa shape index (κ1) is 20.1. The molecule has 156 valence electrons. The van der Waals surface area contributed by atoms with E-state index in [2.05, 4.69) is 81.1 Å². The molecule has 2 heteroatoms. The molecule has 0 saturated heterocycles. The van der Waals surface area contributed by atoms with Crippen molar-refractivity contribution in [1.29, 1.82) is 0 Å². The van der Waals surface area contributed by atoms with Gasteiger partial charge in [-0.1, -0.05) is 49.8 Å². The molecule has 5 rings (SSSR count). The zero-order valence-electron chi connectivity index (χ0n) is 18.5. The Morgan fingerprint density at radius 1 is 1.00 bits per heavy atom. The second kappa shape index (κ2) is 8.38. The molecular weight excluding hydrogens is 382 g/mol. The number of hydrogen-bond acceptors (Lipinski definition) is 2. The molecule has 3 unspecified atom stereocenters. The average molecular weight is 416 g/mol. The number of fused-ring (bicyclic) bond motifs is 4. The minimum atomic E-state index is 0.609. The minimum absolute atomic E-state index is 0.609. The molecule has 1 saturated carbocycles. The molecule has 3 atom stereocenters. The van der Waals surface area contributed by atoms with E-state index >= 15 is 0 Å². The Balaban J connectivity index is 1.50. The molecule has 0 aromatic heterocycles. The van der Waals surface area contributed by atoms with Crippen LogP contribution in [0.4, 0.5) is 0 Å². The summed E-state index contributed by atoms with van der Waals surface area (Å²) in [6.45, 7) is 7.83. The Bertz CT molecular complexity index is 985. The van der Waals surface area contributed by atoms with E-state index in [0.717, 1.165) is 18.2 Å². The fourth-order valence-electron chi connectivity index (χ4n) is 5.56. The number of rotatable bonds is 3. The molecular formula is C28H33NS. The Morgan fingerprint density at radius 3 is 2.63 bits per heavy atom. The summed E-state index contributed by atoms with van der Waals surface area (Å²) in [4.78, 5) is 6.47. The minimum Gasteiger partial charge on any atom is -0.284 e. The molecule has 2 bridgehead atoms. The molecule has 1 fully saturated rings. The summed E-state index contributed by atoms with van der Waals surface area (Å²) in [7, 11) is 0. The second-order valence-electron chi connectivity index (χ2n) is 9.69. The van der Waals surface area contributed by atoms with Crippen LogP contribution in [0.1, 0.15) is 80.0 Å². The van der Waals surface area contributed by atoms with Crippen molar-refractivity contribution in [1.82, 2.24) is 0 Å². The normalized spacial score (nSPS) is 25.9. The molecule has 0 amide bonds. The highest BCUT2D eigenvalue weighted by Gasteiger charge is 2.34. The second-order valence-corrected chi connectivity index (χ2v) is 11.0. The fourth-order valence-corrected chi connectivity index (χ4v) is 7.11. The smallest absolute Gasteiger partial charge is 0.0649 e. The number of hydrogen-bond donors (Lipinski definition) is 0. The first-order chi connectivity index (χ1) is 14.6. The van der Waals surface area contributed by atoms with Gasteiger partial charge in [-0.2, -0.15) is 0 Å². The van der Waals surface area contributed by atoms with Gasteiger partial charge < -0.3 is 0 Å². The SMILES string of the molecule is Cc1cc2c(cc1C1=NCCC(C(C)C)=C1)C1CC(CCC(c3ccccc3)C1)S2. The number of dihydropyridines is 1. The van der Waals surface area contributed by atoms with Gasteiger partial charge in [0.1, 0.15) is 0 Å². The summed E-state index contributed by atoms with van der Waals surface area (Å²) >= 11 is 2.14. The van der Waals surface area contributed by atoms with Crippen LogP contribution in [0.3, 0.4) is 0 Å². The van der Waals surface area contributed by atoms with Crippen LogP contribution in [0, 0.1) is 12.8 Å². The molecule has 2 aromatic rings. The summed E-state index contributed by atoms with van der Waals surface area (Å²) in [5, 5.41) is 0.779. The standard InChI is InChI=1S/C28H33NS/c1-18(2)21-11-12-29-27(16-21)25-17-26-23-14-22(20-7-5-4-6-8-20)9-10-24(15-23)30-28(26)13-19(25)3/h4-8,13,16-18,22-24H,9-12,14-15H2,1-3H3. The van der Waals surface area contributed by atoms with E-state index in [1.165, 1.54) is 53.0 Å². The molecule has 2 heterocycles. The van der Waals surface area contributed by atoms with Gasteiger partial charge in [-0.25, -0.2) is 0 Å². The third kappa shape index (κ3) is 3.91. The molecule has 0 spiro atoms. The third-order valence-electron chi connectivity index (χ3n) is 7.34. The topological polar surface area (TPSA) is 12.4 Å². The van der Waals surface area contributed by atoms with Crippen LogP contribution in [-0.2, 0) is 0 Å². The molecule has 1 aliphatic carbocycles. The molecule has 30 heavy (non-hydrogen) atoms. The fraction of sp³-hybridized carbons (Fsp3) is 0.464. The first-order valence-electron chi connectivity index (χ1n) is 11.7. The van der Waals surface area contributed by atoms with E-state index in [0.29, 0.717) is 17.8 Å². The molecule has 1 nitrogen and oxygen atoms in total. The Labute approximate surface area is 186 Å². The van der Waals surface area contributed by atoms with Crippen LogP contribution in [0.5, 0.6) is 0 Å². The van der Waals surface area contributed by atoms with Gasteiger partial charge in [-0.15, -0.1) is 11.8 Å². The zero-order valence-corrected chi connectivity index (χ0v) is 19.3. The maximum atomic E-state index is 4.94. The van der Waals surface area contributed by atoms with Crippen molar-refractivity contribution in [3.05, 3.63) is 76.4 Å². The number of nitrogens with zero attached hydrogens (tertiary/aromatic N) is 1. The van der Waals surface area contributed by atoms with Crippen molar-refractivity contribution >= 4 is 17.5 Å². The molecule has 0 N–H and O–H groups in total. The van der Waals surface area contributed by atoms with E-state index in [1.54, 1.807) is 11.1 Å². The van der Waals surface area contributed by atoms with Gasteiger partial charge in [0.25, 0.3) is 0 Å². The van der Waals surface area contributed by atoms with Crippen molar-refractivity contribution in [3.63, 3.8) is 0 Å². The van der Waals surface area contributed by atoms with Crippen LogP contribution in [0.2, 0.25) is 0 Å². The van der Waals surface area contributed by atoms with Crippen molar-refractivity contribution in [2.24, 2.45) is 10.9 Å². The Morgan fingerprint density at radius 2 is 1.83 bits per heavy atom. The Hall–Kier alpha value is -1.80. The number of allylic oxidation sites excluding steroid dienone is 1. The van der Waals surface area contributed by atoms with Crippen molar-refractivity contribution < 1.29 is 0 Å². The van der Waals surface area contributed by atoms with Gasteiger partial charge in [-0.05, 0) is 91.7 Å².